The summed E-state index contributed by atoms with van der Waals surface area (Å²) in [6, 6.07) is -0.0232. The van der Waals surface area contributed by atoms with Crippen molar-refractivity contribution >= 4 is 11.9 Å². The van der Waals surface area contributed by atoms with Gasteiger partial charge in [-0.15, -0.1) is 0 Å². The monoisotopic (exact) mass is 240 g/mol. The molecule has 17 heavy (non-hydrogen) atoms. The number of rotatable bonds is 2. The number of amides is 3. The maximum atomic E-state index is 11.9. The number of carbonyl (C=O) groups is 2. The Labute approximate surface area is 101 Å². The van der Waals surface area contributed by atoms with Crippen molar-refractivity contribution in [2.75, 3.05) is 45.8 Å². The first kappa shape index (κ1) is 12.2. The predicted octanol–water partition coefficient (Wildman–Crippen LogP) is -0.920. The highest BCUT2D eigenvalue weighted by molar-refractivity contribution is 5.81. The van der Waals surface area contributed by atoms with Crippen molar-refractivity contribution < 1.29 is 9.59 Å². The molecule has 0 aliphatic carbocycles. The lowest BCUT2D eigenvalue weighted by Crippen LogP contribution is -2.58. The lowest BCUT2D eigenvalue weighted by Gasteiger charge is -2.38. The summed E-state index contributed by atoms with van der Waals surface area (Å²) in [6.07, 6.45) is 0. The van der Waals surface area contributed by atoms with Crippen LogP contribution in [0.4, 0.5) is 4.79 Å². The second-order valence-electron chi connectivity index (χ2n) is 4.50. The van der Waals surface area contributed by atoms with Crippen LogP contribution in [-0.2, 0) is 4.79 Å². The number of nitrogens with zero attached hydrogens (tertiary/aromatic N) is 2. The highest BCUT2D eigenvalue weighted by Gasteiger charge is 2.31. The van der Waals surface area contributed by atoms with Gasteiger partial charge in [-0.2, -0.15) is 0 Å². The van der Waals surface area contributed by atoms with Crippen LogP contribution in [-0.4, -0.2) is 67.6 Å². The Kier molecular flexibility index (Phi) is 3.83. The zero-order valence-corrected chi connectivity index (χ0v) is 10.2. The van der Waals surface area contributed by atoms with Crippen molar-refractivity contribution in [3.8, 4) is 0 Å². The van der Waals surface area contributed by atoms with Gasteiger partial charge in [-0.05, 0) is 6.92 Å². The van der Waals surface area contributed by atoms with Crippen molar-refractivity contribution in [1.82, 2.24) is 20.4 Å². The Morgan fingerprint density at radius 3 is 2.24 bits per heavy atom. The smallest absolute Gasteiger partial charge is 0.317 e. The van der Waals surface area contributed by atoms with Gasteiger partial charge in [-0.1, -0.05) is 0 Å². The van der Waals surface area contributed by atoms with E-state index in [0.717, 1.165) is 13.1 Å². The van der Waals surface area contributed by atoms with E-state index in [-0.39, 0.29) is 17.9 Å². The maximum Gasteiger partial charge on any atom is 0.317 e. The molecule has 0 atom stereocenters. The molecule has 0 radical (unpaired) electrons. The molecule has 2 fully saturated rings. The SMILES string of the molecule is CCNC(=O)N1CCN(C(=O)C2CNC2)CC1. The quantitative estimate of drug-likeness (QED) is 0.656. The van der Waals surface area contributed by atoms with E-state index in [9.17, 15) is 9.59 Å². The molecule has 96 valence electrons. The van der Waals surface area contributed by atoms with Crippen LogP contribution in [0.3, 0.4) is 0 Å². The minimum Gasteiger partial charge on any atom is -0.339 e. The summed E-state index contributed by atoms with van der Waals surface area (Å²) in [5.41, 5.74) is 0. The summed E-state index contributed by atoms with van der Waals surface area (Å²) < 4.78 is 0. The van der Waals surface area contributed by atoms with Crippen LogP contribution >= 0.6 is 0 Å². The van der Waals surface area contributed by atoms with Crippen molar-refractivity contribution in [3.05, 3.63) is 0 Å². The highest BCUT2D eigenvalue weighted by Crippen LogP contribution is 2.11. The Morgan fingerprint density at radius 2 is 1.76 bits per heavy atom. The number of urea groups is 1. The molecule has 0 aromatic heterocycles. The Bertz CT molecular complexity index is 296. The molecule has 0 spiro atoms. The van der Waals surface area contributed by atoms with Gasteiger partial charge in [0.1, 0.15) is 0 Å². The van der Waals surface area contributed by atoms with Gasteiger partial charge >= 0.3 is 6.03 Å². The van der Waals surface area contributed by atoms with Crippen molar-refractivity contribution in [2.24, 2.45) is 5.92 Å². The molecular formula is C11H20N4O2. The zero-order valence-electron chi connectivity index (χ0n) is 10.2. The molecule has 6 heteroatoms. The largest absolute Gasteiger partial charge is 0.339 e. The summed E-state index contributed by atoms with van der Waals surface area (Å²) in [5.74, 6) is 0.394. The van der Waals surface area contributed by atoms with Gasteiger partial charge in [0.25, 0.3) is 0 Å². The lowest BCUT2D eigenvalue weighted by molar-refractivity contribution is -0.138. The number of hydrogen-bond donors (Lipinski definition) is 2. The van der Waals surface area contributed by atoms with Crippen LogP contribution < -0.4 is 10.6 Å². The molecule has 2 rings (SSSR count). The van der Waals surface area contributed by atoms with E-state index in [1.165, 1.54) is 0 Å². The Balaban J connectivity index is 1.77. The molecule has 6 nitrogen and oxygen atoms in total. The average Bonchev–Trinajstić information content (AvgIpc) is 2.27. The predicted molar refractivity (Wildman–Crippen MR) is 63.6 cm³/mol. The minimum atomic E-state index is -0.0232. The van der Waals surface area contributed by atoms with E-state index in [1.54, 1.807) is 4.90 Å². The van der Waals surface area contributed by atoms with Crippen LogP contribution in [0.15, 0.2) is 0 Å². The third-order valence-electron chi connectivity index (χ3n) is 3.34. The molecule has 2 saturated heterocycles. The lowest BCUT2D eigenvalue weighted by atomic mass is 10.0. The molecule has 2 aliphatic rings. The van der Waals surface area contributed by atoms with Crippen LogP contribution in [0, 0.1) is 5.92 Å². The fraction of sp³-hybridized carbons (Fsp3) is 0.818. The molecule has 0 aromatic carbocycles. The molecule has 2 heterocycles. The molecule has 0 saturated carbocycles. The summed E-state index contributed by atoms with van der Waals surface area (Å²) in [6.45, 7) is 6.74. The molecule has 0 aromatic rings. The average molecular weight is 240 g/mol. The topological polar surface area (TPSA) is 64.7 Å². The number of carbonyl (C=O) groups excluding carboxylic acids is 2. The molecule has 2 aliphatic heterocycles. The normalized spacial score (nSPS) is 21.0. The molecule has 0 unspecified atom stereocenters. The van der Waals surface area contributed by atoms with Gasteiger partial charge in [0.05, 0.1) is 5.92 Å². The van der Waals surface area contributed by atoms with Gasteiger partial charge in [0.2, 0.25) is 5.91 Å². The van der Waals surface area contributed by atoms with E-state index in [0.29, 0.717) is 32.7 Å². The minimum absolute atomic E-state index is 0.0232. The van der Waals surface area contributed by atoms with Crippen LogP contribution in [0.1, 0.15) is 6.92 Å². The number of hydrogen-bond acceptors (Lipinski definition) is 3. The van der Waals surface area contributed by atoms with E-state index in [1.807, 2.05) is 11.8 Å². The second-order valence-corrected chi connectivity index (χ2v) is 4.50. The van der Waals surface area contributed by atoms with E-state index in [4.69, 9.17) is 0 Å². The molecular weight excluding hydrogens is 220 g/mol. The summed E-state index contributed by atoms with van der Waals surface area (Å²) in [7, 11) is 0. The maximum absolute atomic E-state index is 11.9. The second kappa shape index (κ2) is 5.35. The summed E-state index contributed by atoms with van der Waals surface area (Å²) >= 11 is 0. The van der Waals surface area contributed by atoms with Gasteiger partial charge < -0.3 is 20.4 Å². The van der Waals surface area contributed by atoms with E-state index >= 15 is 0 Å². The third kappa shape index (κ3) is 2.69. The highest BCUT2D eigenvalue weighted by atomic mass is 16.2. The van der Waals surface area contributed by atoms with E-state index < -0.39 is 0 Å². The summed E-state index contributed by atoms with van der Waals surface area (Å²) in [5, 5.41) is 5.88. The zero-order chi connectivity index (χ0) is 12.3. The fourth-order valence-electron chi connectivity index (χ4n) is 2.11. The van der Waals surface area contributed by atoms with Crippen LogP contribution in [0.5, 0.6) is 0 Å². The van der Waals surface area contributed by atoms with E-state index in [2.05, 4.69) is 10.6 Å². The van der Waals surface area contributed by atoms with Gasteiger partial charge in [0, 0.05) is 45.8 Å². The third-order valence-corrected chi connectivity index (χ3v) is 3.34. The molecule has 2 N–H and O–H groups in total. The standard InChI is InChI=1S/C11H20N4O2/c1-2-13-11(17)15-5-3-14(4-6-15)10(16)9-7-12-8-9/h9,12H,2-8H2,1H3,(H,13,17). The van der Waals surface area contributed by atoms with Gasteiger partial charge in [0.15, 0.2) is 0 Å². The molecule has 3 amide bonds. The van der Waals surface area contributed by atoms with Crippen molar-refractivity contribution in [2.45, 2.75) is 6.92 Å². The first-order valence-electron chi connectivity index (χ1n) is 6.24. The number of piperazine rings is 1. The van der Waals surface area contributed by atoms with Gasteiger partial charge in [-0.25, -0.2) is 4.79 Å². The number of nitrogens with one attached hydrogen (secondary N) is 2. The Morgan fingerprint density at radius 1 is 1.18 bits per heavy atom. The van der Waals surface area contributed by atoms with Crippen molar-refractivity contribution in [3.63, 3.8) is 0 Å². The first-order valence-corrected chi connectivity index (χ1v) is 6.24. The fourth-order valence-corrected chi connectivity index (χ4v) is 2.11. The van der Waals surface area contributed by atoms with Crippen LogP contribution in [0.25, 0.3) is 0 Å². The first-order chi connectivity index (χ1) is 8.22. The van der Waals surface area contributed by atoms with Crippen LogP contribution in [0.2, 0.25) is 0 Å². The van der Waals surface area contributed by atoms with Gasteiger partial charge in [-0.3, -0.25) is 4.79 Å². The van der Waals surface area contributed by atoms with Crippen molar-refractivity contribution in [1.29, 1.82) is 0 Å². The summed E-state index contributed by atoms with van der Waals surface area (Å²) in [4.78, 5) is 27.2. The Hall–Kier alpha value is -1.30. The molecule has 0 bridgehead atoms.